The fourth-order valence-corrected chi connectivity index (χ4v) is 4.34. The fourth-order valence-electron chi connectivity index (χ4n) is 3.16. The van der Waals surface area contributed by atoms with Crippen LogP contribution < -0.4 is 15.4 Å². The molecule has 2 rings (SSSR count). The molecule has 1 unspecified atom stereocenters. The van der Waals surface area contributed by atoms with E-state index in [-0.39, 0.29) is 42.3 Å². The maximum absolute atomic E-state index is 12.2. The zero-order valence-corrected chi connectivity index (χ0v) is 20.1. The first-order valence-corrected chi connectivity index (χ1v) is 11.3. The predicted molar refractivity (Wildman–Crippen MR) is 122 cm³/mol. The van der Waals surface area contributed by atoms with Crippen molar-refractivity contribution < 1.29 is 27.0 Å². The molecule has 1 heterocycles. The second kappa shape index (κ2) is 12.6. The normalized spacial score (nSPS) is 18.7. The number of aliphatic hydroxyl groups is 1. The molecule has 12 heteroatoms. The van der Waals surface area contributed by atoms with Gasteiger partial charge in [-0.3, -0.25) is 4.99 Å². The predicted octanol–water partition coefficient (Wildman–Crippen LogP) is 1.92. The van der Waals surface area contributed by atoms with Gasteiger partial charge in [0.15, 0.2) is 5.96 Å². The van der Waals surface area contributed by atoms with Crippen molar-refractivity contribution in [3.05, 3.63) is 29.8 Å². The number of hydrogen-bond acceptors (Lipinski definition) is 5. The van der Waals surface area contributed by atoms with Crippen LogP contribution in [-0.2, 0) is 10.0 Å². The fraction of sp³-hybridized carbons (Fsp3) is 0.611. The Labute approximate surface area is 193 Å². The Balaban J connectivity index is 0.00000450. The minimum absolute atomic E-state index is 0. The van der Waals surface area contributed by atoms with Crippen LogP contribution in [0.25, 0.3) is 0 Å². The Morgan fingerprint density at radius 1 is 1.33 bits per heavy atom. The summed E-state index contributed by atoms with van der Waals surface area (Å²) in [5.41, 5.74) is 0.519. The zero-order valence-electron chi connectivity index (χ0n) is 16.9. The van der Waals surface area contributed by atoms with Gasteiger partial charge in [0.1, 0.15) is 5.75 Å². The van der Waals surface area contributed by atoms with Crippen LogP contribution in [0.2, 0.25) is 0 Å². The first-order chi connectivity index (χ1) is 13.7. The summed E-state index contributed by atoms with van der Waals surface area (Å²) in [6.45, 7) is 0.570. The Hall–Kier alpha value is -1.25. The van der Waals surface area contributed by atoms with E-state index >= 15 is 0 Å². The Bertz CT molecular complexity index is 781. The second-order valence-electron chi connectivity index (χ2n) is 6.73. The van der Waals surface area contributed by atoms with Gasteiger partial charge in [-0.15, -0.1) is 24.0 Å². The summed E-state index contributed by atoms with van der Waals surface area (Å²) in [6.07, 6.45) is 1.87. The molecule has 172 valence electrons. The molecule has 0 saturated carbocycles. The van der Waals surface area contributed by atoms with Crippen LogP contribution in [0.1, 0.15) is 31.4 Å². The van der Waals surface area contributed by atoms with Gasteiger partial charge in [-0.2, -0.15) is 13.1 Å². The molecule has 1 saturated heterocycles. The first kappa shape index (κ1) is 26.8. The van der Waals surface area contributed by atoms with E-state index in [0.29, 0.717) is 31.2 Å². The van der Waals surface area contributed by atoms with E-state index in [2.05, 4.69) is 20.4 Å². The Kier molecular flexibility index (Phi) is 11.2. The number of aliphatic imine (C=N–C) groups is 1. The number of nitrogens with one attached hydrogen (secondary N) is 2. The van der Waals surface area contributed by atoms with E-state index < -0.39 is 22.7 Å². The zero-order chi connectivity index (χ0) is 21.4. The van der Waals surface area contributed by atoms with E-state index in [4.69, 9.17) is 0 Å². The van der Waals surface area contributed by atoms with Gasteiger partial charge in [-0.05, 0) is 37.5 Å². The monoisotopic (exact) mass is 562 g/mol. The lowest BCUT2D eigenvalue weighted by atomic mass is 10.1. The summed E-state index contributed by atoms with van der Waals surface area (Å²) in [6, 6.07) is 5.58. The van der Waals surface area contributed by atoms with Gasteiger partial charge in [0.05, 0.1) is 18.9 Å². The summed E-state index contributed by atoms with van der Waals surface area (Å²) in [5, 5.41) is 16.5. The summed E-state index contributed by atoms with van der Waals surface area (Å²) in [5.74, 6) is 0.478. The number of guanidine groups is 1. The van der Waals surface area contributed by atoms with Crippen LogP contribution >= 0.6 is 24.0 Å². The van der Waals surface area contributed by atoms with Crippen molar-refractivity contribution in [1.82, 2.24) is 14.9 Å². The van der Waals surface area contributed by atoms with Gasteiger partial charge in [0.2, 0.25) is 10.0 Å². The third-order valence-corrected chi connectivity index (χ3v) is 5.84. The maximum Gasteiger partial charge on any atom is 0.387 e. The molecule has 0 aliphatic carbocycles. The highest BCUT2D eigenvalue weighted by atomic mass is 127. The van der Waals surface area contributed by atoms with Crippen molar-refractivity contribution in [2.45, 2.75) is 38.5 Å². The summed E-state index contributed by atoms with van der Waals surface area (Å²) in [4.78, 5) is 4.33. The second-order valence-corrected chi connectivity index (χ2v) is 8.67. The smallest absolute Gasteiger partial charge is 0.387 e. The highest BCUT2D eigenvalue weighted by Gasteiger charge is 2.31. The third kappa shape index (κ3) is 8.47. The lowest BCUT2D eigenvalue weighted by Gasteiger charge is -2.23. The largest absolute Gasteiger partial charge is 0.435 e. The molecule has 0 bridgehead atoms. The summed E-state index contributed by atoms with van der Waals surface area (Å²) < 4.78 is 53.8. The molecule has 3 N–H and O–H groups in total. The molecule has 1 aromatic rings. The van der Waals surface area contributed by atoms with Crippen molar-refractivity contribution in [2.75, 3.05) is 32.4 Å². The minimum atomic E-state index is -3.25. The third-order valence-electron chi connectivity index (χ3n) is 4.51. The lowest BCUT2D eigenvalue weighted by Crippen LogP contribution is -2.46. The molecule has 1 fully saturated rings. The highest BCUT2D eigenvalue weighted by molar-refractivity contribution is 14.0. The van der Waals surface area contributed by atoms with Gasteiger partial charge < -0.3 is 20.5 Å². The SMILES string of the molecule is CCNC(=NCC(O)c1ccc(OC(F)F)cc1)NC[C@H]1CCCN1S(C)(=O)=O.I. The van der Waals surface area contributed by atoms with Gasteiger partial charge in [0, 0.05) is 25.7 Å². The van der Waals surface area contributed by atoms with Crippen molar-refractivity contribution in [2.24, 2.45) is 4.99 Å². The molecular formula is C18H29F2IN4O4S. The van der Waals surface area contributed by atoms with E-state index in [1.807, 2.05) is 6.92 Å². The summed E-state index contributed by atoms with van der Waals surface area (Å²) in [7, 11) is -3.25. The van der Waals surface area contributed by atoms with Crippen molar-refractivity contribution in [1.29, 1.82) is 0 Å². The van der Waals surface area contributed by atoms with Gasteiger partial charge >= 0.3 is 6.61 Å². The topological polar surface area (TPSA) is 103 Å². The van der Waals surface area contributed by atoms with Crippen molar-refractivity contribution in [3.63, 3.8) is 0 Å². The van der Waals surface area contributed by atoms with Crippen LogP contribution in [0.15, 0.2) is 29.3 Å². The molecule has 0 radical (unpaired) electrons. The van der Waals surface area contributed by atoms with E-state index in [1.54, 1.807) is 0 Å². The number of sulfonamides is 1. The highest BCUT2D eigenvalue weighted by Crippen LogP contribution is 2.20. The molecule has 30 heavy (non-hydrogen) atoms. The van der Waals surface area contributed by atoms with Gasteiger partial charge in [0.25, 0.3) is 0 Å². The molecule has 0 spiro atoms. The van der Waals surface area contributed by atoms with Crippen LogP contribution in [0.4, 0.5) is 8.78 Å². The molecule has 0 aromatic heterocycles. The lowest BCUT2D eigenvalue weighted by molar-refractivity contribution is -0.0498. The first-order valence-electron chi connectivity index (χ1n) is 9.42. The molecule has 2 atom stereocenters. The average Bonchev–Trinajstić information content (AvgIpc) is 3.13. The average molecular weight is 562 g/mol. The number of alkyl halides is 2. The molecular weight excluding hydrogens is 533 g/mol. The van der Waals surface area contributed by atoms with Crippen LogP contribution in [0.5, 0.6) is 5.75 Å². The number of nitrogens with zero attached hydrogens (tertiary/aromatic N) is 2. The van der Waals surface area contributed by atoms with Crippen molar-refractivity contribution >= 4 is 40.0 Å². The number of rotatable bonds is 9. The minimum Gasteiger partial charge on any atom is -0.435 e. The molecule has 1 aliphatic heterocycles. The number of ether oxygens (including phenoxy) is 1. The number of hydrogen-bond donors (Lipinski definition) is 3. The van der Waals surface area contributed by atoms with E-state index in [1.165, 1.54) is 34.8 Å². The van der Waals surface area contributed by atoms with Gasteiger partial charge in [-0.1, -0.05) is 12.1 Å². The van der Waals surface area contributed by atoms with E-state index in [9.17, 15) is 22.3 Å². The quantitative estimate of drug-likeness (QED) is 0.242. The van der Waals surface area contributed by atoms with Crippen LogP contribution in [-0.4, -0.2) is 68.9 Å². The molecule has 8 nitrogen and oxygen atoms in total. The molecule has 1 aliphatic rings. The number of halogens is 3. The van der Waals surface area contributed by atoms with E-state index in [0.717, 1.165) is 12.8 Å². The molecule has 0 amide bonds. The Morgan fingerprint density at radius 2 is 2.00 bits per heavy atom. The van der Waals surface area contributed by atoms with Gasteiger partial charge in [-0.25, -0.2) is 8.42 Å². The number of benzene rings is 1. The number of aliphatic hydroxyl groups excluding tert-OH is 1. The Morgan fingerprint density at radius 3 is 2.57 bits per heavy atom. The standard InChI is InChI=1S/C18H28F2N4O4S.HI/c1-3-21-18(22-11-14-5-4-10-24(14)29(2,26)27)23-12-16(25)13-6-8-15(9-7-13)28-17(19)20;/h6-9,14,16-17,25H,3-5,10-12H2,1-2H3,(H2,21,22,23);1H/t14-,16?;/m1./s1. The van der Waals surface area contributed by atoms with Crippen LogP contribution in [0, 0.1) is 0 Å². The maximum atomic E-state index is 12.2. The van der Waals surface area contributed by atoms with Crippen molar-refractivity contribution in [3.8, 4) is 5.75 Å². The summed E-state index contributed by atoms with van der Waals surface area (Å²) >= 11 is 0. The van der Waals surface area contributed by atoms with Crippen LogP contribution in [0.3, 0.4) is 0 Å². The molecule has 1 aromatic carbocycles.